The molecule has 2 N–H and O–H groups in total. The quantitative estimate of drug-likeness (QED) is 0.695. The zero-order chi connectivity index (χ0) is 18.0. The molecule has 142 valence electrons. The number of rotatable bonds is 5. The van der Waals surface area contributed by atoms with Crippen LogP contribution in [-0.4, -0.2) is 87.9 Å². The Kier molecular flexibility index (Phi) is 6.48. The molecule has 0 aromatic heterocycles. The minimum absolute atomic E-state index is 0.126. The van der Waals surface area contributed by atoms with Gasteiger partial charge in [0.2, 0.25) is 0 Å². The van der Waals surface area contributed by atoms with Gasteiger partial charge in [0.25, 0.3) is 10.2 Å². The molecule has 2 rings (SSSR count). The summed E-state index contributed by atoms with van der Waals surface area (Å²) in [6.07, 6.45) is -4.78. The van der Waals surface area contributed by atoms with E-state index in [2.05, 4.69) is 10.0 Å². The van der Waals surface area contributed by atoms with Crippen LogP contribution in [0, 0.1) is 0 Å². The van der Waals surface area contributed by atoms with Gasteiger partial charge in [-0.1, -0.05) is 0 Å². The predicted molar refractivity (Wildman–Crippen MR) is 82.8 cm³/mol. The van der Waals surface area contributed by atoms with Crippen molar-refractivity contribution in [1.29, 1.82) is 0 Å². The molecule has 2 saturated heterocycles. The Morgan fingerprint density at radius 1 is 1.29 bits per heavy atom. The number of nitrogens with one attached hydrogen (secondary N) is 2. The van der Waals surface area contributed by atoms with E-state index in [1.54, 1.807) is 13.8 Å². The highest BCUT2D eigenvalue weighted by Gasteiger charge is 2.45. The minimum Gasteiger partial charge on any atom is -0.375 e. The highest BCUT2D eigenvalue weighted by Crippen LogP contribution is 2.25. The molecule has 0 aromatic carbocycles. The summed E-state index contributed by atoms with van der Waals surface area (Å²) >= 11 is 0. The second kappa shape index (κ2) is 7.83. The summed E-state index contributed by atoms with van der Waals surface area (Å²) in [5.74, 6) is 0. The summed E-state index contributed by atoms with van der Waals surface area (Å²) < 4.78 is 73.5. The van der Waals surface area contributed by atoms with Crippen LogP contribution in [-0.2, 0) is 14.9 Å². The topological polar surface area (TPSA) is 73.9 Å². The molecule has 2 heterocycles. The van der Waals surface area contributed by atoms with Crippen LogP contribution in [0.5, 0.6) is 0 Å². The molecule has 0 aliphatic carbocycles. The van der Waals surface area contributed by atoms with E-state index in [0.717, 1.165) is 0 Å². The molecule has 0 amide bonds. The minimum atomic E-state index is -4.50. The van der Waals surface area contributed by atoms with E-state index in [-0.39, 0.29) is 32.3 Å². The standard InChI is InChI=1S/C13H25F3N4O3S/c1-10-9-23-11(2)8-20(10)24(21,22)18-7-12(13(14,15)16)19-5-3-17-4-6-19/h10-12,17-18H,3-9H2,1-2H3. The smallest absolute Gasteiger partial charge is 0.375 e. The Hall–Kier alpha value is -0.460. The Morgan fingerprint density at radius 3 is 2.50 bits per heavy atom. The first kappa shape index (κ1) is 19.9. The molecule has 24 heavy (non-hydrogen) atoms. The van der Waals surface area contributed by atoms with Crippen LogP contribution in [0.3, 0.4) is 0 Å². The highest BCUT2D eigenvalue weighted by atomic mass is 32.2. The number of piperazine rings is 1. The lowest BCUT2D eigenvalue weighted by Gasteiger charge is -2.38. The Bertz CT molecular complexity index is 511. The van der Waals surface area contributed by atoms with Crippen molar-refractivity contribution < 1.29 is 26.3 Å². The van der Waals surface area contributed by atoms with Gasteiger partial charge in [-0.25, -0.2) is 4.72 Å². The predicted octanol–water partition coefficient (Wildman–Crippen LogP) is -0.234. The Labute approximate surface area is 140 Å². The summed E-state index contributed by atoms with van der Waals surface area (Å²) in [5.41, 5.74) is 0. The number of alkyl halides is 3. The van der Waals surface area contributed by atoms with Crippen LogP contribution in [0.25, 0.3) is 0 Å². The van der Waals surface area contributed by atoms with Gasteiger partial charge >= 0.3 is 6.18 Å². The average Bonchev–Trinajstić information content (AvgIpc) is 2.49. The van der Waals surface area contributed by atoms with Crippen molar-refractivity contribution in [2.75, 3.05) is 45.9 Å². The van der Waals surface area contributed by atoms with Crippen LogP contribution < -0.4 is 10.0 Å². The van der Waals surface area contributed by atoms with Gasteiger partial charge in [-0.05, 0) is 13.8 Å². The van der Waals surface area contributed by atoms with Gasteiger partial charge in [-0.3, -0.25) is 4.90 Å². The Morgan fingerprint density at radius 2 is 1.92 bits per heavy atom. The van der Waals surface area contributed by atoms with Gasteiger partial charge < -0.3 is 10.1 Å². The van der Waals surface area contributed by atoms with E-state index in [0.29, 0.717) is 13.1 Å². The molecular formula is C13H25F3N4O3S. The zero-order valence-corrected chi connectivity index (χ0v) is 14.7. The monoisotopic (exact) mass is 374 g/mol. The van der Waals surface area contributed by atoms with Crippen LogP contribution in [0.15, 0.2) is 0 Å². The first-order chi connectivity index (χ1) is 11.1. The van der Waals surface area contributed by atoms with Gasteiger partial charge in [-0.15, -0.1) is 0 Å². The lowest BCUT2D eigenvalue weighted by atomic mass is 10.2. The zero-order valence-electron chi connectivity index (χ0n) is 13.8. The third kappa shape index (κ3) is 5.02. The maximum Gasteiger partial charge on any atom is 0.405 e. The largest absolute Gasteiger partial charge is 0.405 e. The van der Waals surface area contributed by atoms with E-state index < -0.39 is 35.0 Å². The van der Waals surface area contributed by atoms with Crippen molar-refractivity contribution in [3.8, 4) is 0 Å². The summed E-state index contributed by atoms with van der Waals surface area (Å²) in [7, 11) is -4.00. The van der Waals surface area contributed by atoms with Gasteiger partial charge in [0.15, 0.2) is 0 Å². The van der Waals surface area contributed by atoms with Crippen molar-refractivity contribution in [3.05, 3.63) is 0 Å². The lowest BCUT2D eigenvalue weighted by Crippen LogP contribution is -2.60. The molecule has 2 aliphatic rings. The number of hydrogen-bond donors (Lipinski definition) is 2. The molecule has 0 radical (unpaired) electrons. The van der Waals surface area contributed by atoms with E-state index in [1.807, 2.05) is 0 Å². The van der Waals surface area contributed by atoms with E-state index in [9.17, 15) is 21.6 Å². The van der Waals surface area contributed by atoms with Crippen LogP contribution in [0.4, 0.5) is 13.2 Å². The molecule has 0 aromatic rings. The van der Waals surface area contributed by atoms with Crippen molar-refractivity contribution in [2.45, 2.75) is 38.2 Å². The molecule has 0 spiro atoms. The van der Waals surface area contributed by atoms with E-state index >= 15 is 0 Å². The molecule has 0 saturated carbocycles. The fourth-order valence-corrected chi connectivity index (χ4v) is 4.40. The lowest BCUT2D eigenvalue weighted by molar-refractivity contribution is -0.182. The first-order valence-electron chi connectivity index (χ1n) is 8.01. The number of nitrogens with zero attached hydrogens (tertiary/aromatic N) is 2. The van der Waals surface area contributed by atoms with E-state index in [1.165, 1.54) is 9.21 Å². The fourth-order valence-electron chi connectivity index (χ4n) is 2.92. The molecule has 2 fully saturated rings. The first-order valence-corrected chi connectivity index (χ1v) is 9.45. The summed E-state index contributed by atoms with van der Waals surface area (Å²) in [6.45, 7) is 4.44. The van der Waals surface area contributed by atoms with Gasteiger partial charge in [0.1, 0.15) is 6.04 Å². The highest BCUT2D eigenvalue weighted by molar-refractivity contribution is 7.87. The molecule has 0 bridgehead atoms. The molecule has 3 unspecified atom stereocenters. The summed E-state index contributed by atoms with van der Waals surface area (Å²) in [6, 6.07) is -2.25. The number of ether oxygens (including phenoxy) is 1. The molecule has 7 nitrogen and oxygen atoms in total. The molecule has 3 atom stereocenters. The fraction of sp³-hybridized carbons (Fsp3) is 1.00. The second-order valence-electron chi connectivity index (χ2n) is 6.26. The summed E-state index contributed by atoms with van der Waals surface area (Å²) in [4.78, 5) is 1.27. The van der Waals surface area contributed by atoms with Crippen LogP contribution in [0.2, 0.25) is 0 Å². The number of morpholine rings is 1. The van der Waals surface area contributed by atoms with Crippen molar-refractivity contribution >= 4 is 10.2 Å². The third-order valence-electron chi connectivity index (χ3n) is 4.29. The van der Waals surface area contributed by atoms with Gasteiger partial charge in [-0.2, -0.15) is 25.9 Å². The molecule has 2 aliphatic heterocycles. The van der Waals surface area contributed by atoms with E-state index in [4.69, 9.17) is 4.74 Å². The average molecular weight is 374 g/mol. The van der Waals surface area contributed by atoms with Gasteiger partial charge in [0, 0.05) is 45.3 Å². The molecule has 11 heteroatoms. The third-order valence-corrected chi connectivity index (χ3v) is 5.95. The Balaban J connectivity index is 2.04. The number of halogens is 3. The van der Waals surface area contributed by atoms with Crippen molar-refractivity contribution in [2.24, 2.45) is 0 Å². The molecular weight excluding hydrogens is 349 g/mol. The maximum atomic E-state index is 13.3. The SMILES string of the molecule is CC1CN(S(=O)(=O)NCC(N2CCNCC2)C(F)(F)F)C(C)CO1. The second-order valence-corrected chi connectivity index (χ2v) is 7.97. The van der Waals surface area contributed by atoms with Crippen molar-refractivity contribution in [3.63, 3.8) is 0 Å². The van der Waals surface area contributed by atoms with Gasteiger partial charge in [0.05, 0.1) is 12.7 Å². The van der Waals surface area contributed by atoms with Crippen LogP contribution >= 0.6 is 0 Å². The normalized spacial score (nSPS) is 29.5. The summed E-state index contributed by atoms with van der Waals surface area (Å²) in [5, 5.41) is 2.99. The van der Waals surface area contributed by atoms with Crippen molar-refractivity contribution in [1.82, 2.24) is 19.2 Å². The number of hydrogen-bond acceptors (Lipinski definition) is 5. The maximum absolute atomic E-state index is 13.3. The van der Waals surface area contributed by atoms with Crippen LogP contribution in [0.1, 0.15) is 13.8 Å².